The van der Waals surface area contributed by atoms with Crippen molar-refractivity contribution in [1.82, 2.24) is 0 Å². The van der Waals surface area contributed by atoms with Gasteiger partial charge in [-0.2, -0.15) is 0 Å². The number of rotatable bonds is 3. The summed E-state index contributed by atoms with van der Waals surface area (Å²) in [6.45, 7) is 0.621. The molecule has 0 aliphatic carbocycles. The quantitative estimate of drug-likeness (QED) is 0.807. The van der Waals surface area contributed by atoms with Crippen LogP contribution in [0.5, 0.6) is 5.75 Å². The lowest BCUT2D eigenvalue weighted by molar-refractivity contribution is -0.151. The molecule has 17 heavy (non-hydrogen) atoms. The molecule has 0 bridgehead atoms. The fourth-order valence-electron chi connectivity index (χ4n) is 2.16. The average Bonchev–Trinajstić information content (AvgIpc) is 2.38. The van der Waals surface area contributed by atoms with Crippen LogP contribution in [0, 0.1) is 0 Å². The maximum Gasteiger partial charge on any atom is 0.334 e. The second kappa shape index (κ2) is 5.19. The van der Waals surface area contributed by atoms with E-state index in [0.29, 0.717) is 13.0 Å². The molecular weight excluding hydrogens is 220 g/mol. The van der Waals surface area contributed by atoms with E-state index in [4.69, 9.17) is 4.74 Å². The summed E-state index contributed by atoms with van der Waals surface area (Å²) in [7, 11) is 1.28. The Morgan fingerprint density at radius 2 is 2.35 bits per heavy atom. The molecule has 1 aliphatic heterocycles. The summed E-state index contributed by atoms with van der Waals surface area (Å²) >= 11 is 0. The van der Waals surface area contributed by atoms with Crippen molar-refractivity contribution in [1.29, 1.82) is 0 Å². The van der Waals surface area contributed by atoms with Crippen LogP contribution >= 0.6 is 0 Å². The van der Waals surface area contributed by atoms with E-state index in [2.05, 4.69) is 4.74 Å². The molecule has 2 rings (SSSR count). The van der Waals surface area contributed by atoms with Gasteiger partial charge in [-0.1, -0.05) is 18.2 Å². The van der Waals surface area contributed by atoms with E-state index >= 15 is 0 Å². The smallest absolute Gasteiger partial charge is 0.334 e. The number of benzene rings is 1. The highest BCUT2D eigenvalue weighted by Crippen LogP contribution is 2.36. The number of hydrogen-bond donors (Lipinski definition) is 1. The molecule has 0 saturated heterocycles. The van der Waals surface area contributed by atoms with Crippen LogP contribution < -0.4 is 4.74 Å². The number of ether oxygens (including phenoxy) is 2. The number of aliphatic hydroxyl groups excluding tert-OH is 1. The second-order valence-electron chi connectivity index (χ2n) is 4.15. The SMILES string of the molecule is COC(=O)C(O)CC1CCOc2ccccc21. The van der Waals surface area contributed by atoms with E-state index in [1.165, 1.54) is 7.11 Å². The van der Waals surface area contributed by atoms with Gasteiger partial charge in [0.1, 0.15) is 5.75 Å². The Hall–Kier alpha value is -1.55. The molecule has 2 atom stereocenters. The molecule has 0 amide bonds. The van der Waals surface area contributed by atoms with Crippen molar-refractivity contribution in [3.05, 3.63) is 29.8 Å². The summed E-state index contributed by atoms with van der Waals surface area (Å²) < 4.78 is 10.0. The number of carbonyl (C=O) groups is 1. The third kappa shape index (κ3) is 2.58. The van der Waals surface area contributed by atoms with Crippen LogP contribution in [0.1, 0.15) is 24.3 Å². The Kier molecular flexibility index (Phi) is 3.64. The first-order valence-electron chi connectivity index (χ1n) is 5.70. The number of methoxy groups -OCH3 is 1. The van der Waals surface area contributed by atoms with Crippen LogP contribution in [0.4, 0.5) is 0 Å². The minimum Gasteiger partial charge on any atom is -0.493 e. The second-order valence-corrected chi connectivity index (χ2v) is 4.15. The lowest BCUT2D eigenvalue weighted by atomic mass is 9.88. The number of esters is 1. The van der Waals surface area contributed by atoms with Crippen LogP contribution in [0.15, 0.2) is 24.3 Å². The van der Waals surface area contributed by atoms with Gasteiger partial charge in [0.15, 0.2) is 6.10 Å². The number of aliphatic hydroxyl groups is 1. The minimum absolute atomic E-state index is 0.147. The van der Waals surface area contributed by atoms with Gasteiger partial charge in [-0.05, 0) is 30.4 Å². The maximum absolute atomic E-state index is 11.2. The number of para-hydroxylation sites is 1. The molecule has 2 unspecified atom stereocenters. The first kappa shape index (κ1) is 11.9. The molecule has 1 heterocycles. The summed E-state index contributed by atoms with van der Waals surface area (Å²) in [6, 6.07) is 7.73. The summed E-state index contributed by atoms with van der Waals surface area (Å²) in [4.78, 5) is 11.2. The van der Waals surface area contributed by atoms with Crippen molar-refractivity contribution < 1.29 is 19.4 Å². The number of hydrogen-bond acceptors (Lipinski definition) is 4. The zero-order chi connectivity index (χ0) is 12.3. The first-order chi connectivity index (χ1) is 8.22. The molecule has 4 heteroatoms. The fourth-order valence-corrected chi connectivity index (χ4v) is 2.16. The molecule has 92 valence electrons. The lowest BCUT2D eigenvalue weighted by Gasteiger charge is -2.26. The van der Waals surface area contributed by atoms with Gasteiger partial charge < -0.3 is 14.6 Å². The Morgan fingerprint density at radius 1 is 1.59 bits per heavy atom. The Bertz CT molecular complexity index is 402. The van der Waals surface area contributed by atoms with E-state index in [1.807, 2.05) is 24.3 Å². The van der Waals surface area contributed by atoms with Crippen molar-refractivity contribution in [2.75, 3.05) is 13.7 Å². The van der Waals surface area contributed by atoms with Crippen LogP contribution in [0.25, 0.3) is 0 Å². The van der Waals surface area contributed by atoms with E-state index in [0.717, 1.165) is 17.7 Å². The maximum atomic E-state index is 11.2. The molecular formula is C13H16O4. The normalized spacial score (nSPS) is 20.0. The van der Waals surface area contributed by atoms with E-state index in [9.17, 15) is 9.90 Å². The summed E-state index contributed by atoms with van der Waals surface area (Å²) in [5, 5.41) is 9.68. The van der Waals surface area contributed by atoms with Gasteiger partial charge in [0.25, 0.3) is 0 Å². The standard InChI is InChI=1S/C13H16O4/c1-16-13(15)11(14)8-9-6-7-17-12-5-3-2-4-10(9)12/h2-5,9,11,14H,6-8H2,1H3. The van der Waals surface area contributed by atoms with Gasteiger partial charge in [0.05, 0.1) is 13.7 Å². The highest BCUT2D eigenvalue weighted by Gasteiger charge is 2.26. The highest BCUT2D eigenvalue weighted by atomic mass is 16.5. The Balaban J connectivity index is 2.11. The summed E-state index contributed by atoms with van der Waals surface area (Å²) in [6.07, 6.45) is 0.133. The van der Waals surface area contributed by atoms with E-state index in [1.54, 1.807) is 0 Å². The van der Waals surface area contributed by atoms with Crippen LogP contribution in [0.2, 0.25) is 0 Å². The van der Waals surface area contributed by atoms with Gasteiger partial charge in [0.2, 0.25) is 0 Å². The van der Waals surface area contributed by atoms with Crippen molar-refractivity contribution in [3.8, 4) is 5.75 Å². The van der Waals surface area contributed by atoms with Crippen molar-refractivity contribution in [3.63, 3.8) is 0 Å². The molecule has 1 N–H and O–H groups in total. The topological polar surface area (TPSA) is 55.8 Å². The zero-order valence-electron chi connectivity index (χ0n) is 9.76. The third-order valence-electron chi connectivity index (χ3n) is 3.06. The summed E-state index contributed by atoms with van der Waals surface area (Å²) in [5.41, 5.74) is 1.06. The van der Waals surface area contributed by atoms with E-state index < -0.39 is 12.1 Å². The van der Waals surface area contributed by atoms with Crippen molar-refractivity contribution in [2.24, 2.45) is 0 Å². The minimum atomic E-state index is -1.06. The largest absolute Gasteiger partial charge is 0.493 e. The van der Waals surface area contributed by atoms with Crippen molar-refractivity contribution in [2.45, 2.75) is 24.9 Å². The lowest BCUT2D eigenvalue weighted by Crippen LogP contribution is -2.26. The molecule has 0 spiro atoms. The fraction of sp³-hybridized carbons (Fsp3) is 0.462. The third-order valence-corrected chi connectivity index (χ3v) is 3.06. The average molecular weight is 236 g/mol. The molecule has 0 saturated carbocycles. The predicted octanol–water partition coefficient (Wildman–Crippen LogP) is 1.48. The predicted molar refractivity (Wildman–Crippen MR) is 61.9 cm³/mol. The van der Waals surface area contributed by atoms with Crippen LogP contribution in [-0.2, 0) is 9.53 Å². The summed E-state index contributed by atoms with van der Waals surface area (Å²) in [5.74, 6) is 0.420. The van der Waals surface area contributed by atoms with Gasteiger partial charge in [0, 0.05) is 0 Å². The van der Waals surface area contributed by atoms with Gasteiger partial charge >= 0.3 is 5.97 Å². The Morgan fingerprint density at radius 3 is 3.12 bits per heavy atom. The van der Waals surface area contributed by atoms with E-state index in [-0.39, 0.29) is 5.92 Å². The first-order valence-corrected chi connectivity index (χ1v) is 5.70. The molecule has 4 nitrogen and oxygen atoms in total. The number of fused-ring (bicyclic) bond motifs is 1. The van der Waals surface area contributed by atoms with Gasteiger partial charge in [-0.3, -0.25) is 0 Å². The molecule has 1 aliphatic rings. The Labute approximate surface area is 100 Å². The number of carbonyl (C=O) groups excluding carboxylic acids is 1. The van der Waals surface area contributed by atoms with Crippen LogP contribution in [-0.4, -0.2) is 30.9 Å². The molecule has 0 aromatic heterocycles. The highest BCUT2D eigenvalue weighted by molar-refractivity contribution is 5.74. The van der Waals surface area contributed by atoms with Gasteiger partial charge in [-0.25, -0.2) is 4.79 Å². The molecule has 0 radical (unpaired) electrons. The van der Waals surface area contributed by atoms with Crippen molar-refractivity contribution >= 4 is 5.97 Å². The molecule has 1 aromatic rings. The monoisotopic (exact) mass is 236 g/mol. The molecule has 1 aromatic carbocycles. The van der Waals surface area contributed by atoms with Crippen LogP contribution in [0.3, 0.4) is 0 Å². The van der Waals surface area contributed by atoms with Gasteiger partial charge in [-0.15, -0.1) is 0 Å². The zero-order valence-corrected chi connectivity index (χ0v) is 9.76. The molecule has 0 fully saturated rings.